The highest BCUT2D eigenvalue weighted by atomic mass is 19.1. The molecule has 132 valence electrons. The third-order valence-electron chi connectivity index (χ3n) is 5.29. The molecular formula is C18H26FN3O2. The van der Waals surface area contributed by atoms with Crippen LogP contribution in [-0.4, -0.2) is 42.2 Å². The number of hydrogen-bond acceptors (Lipinski definition) is 4. The van der Waals surface area contributed by atoms with E-state index in [1.54, 1.807) is 12.1 Å². The van der Waals surface area contributed by atoms with Gasteiger partial charge in [0, 0.05) is 32.1 Å². The van der Waals surface area contributed by atoms with Crippen molar-refractivity contribution >= 4 is 5.97 Å². The number of rotatable bonds is 6. The Morgan fingerprint density at radius 2 is 2.21 bits per heavy atom. The first-order chi connectivity index (χ1) is 11.6. The van der Waals surface area contributed by atoms with Crippen LogP contribution >= 0.6 is 0 Å². The molecule has 0 aromatic heterocycles. The monoisotopic (exact) mass is 335 g/mol. The minimum absolute atomic E-state index is 0.0502. The summed E-state index contributed by atoms with van der Waals surface area (Å²) < 4.78 is 13.5. The summed E-state index contributed by atoms with van der Waals surface area (Å²) in [7, 11) is 0. The molecule has 0 saturated carbocycles. The van der Waals surface area contributed by atoms with Gasteiger partial charge in [-0.05, 0) is 30.0 Å². The maximum atomic E-state index is 13.5. The maximum Gasteiger partial charge on any atom is 0.308 e. The van der Waals surface area contributed by atoms with E-state index in [1.165, 1.54) is 6.07 Å². The zero-order valence-corrected chi connectivity index (χ0v) is 14.0. The molecule has 0 aliphatic carbocycles. The first kappa shape index (κ1) is 17.3. The van der Waals surface area contributed by atoms with E-state index < -0.39 is 5.97 Å². The molecule has 3 rings (SSSR count). The summed E-state index contributed by atoms with van der Waals surface area (Å²) >= 11 is 0. The van der Waals surface area contributed by atoms with Crippen LogP contribution in [0.2, 0.25) is 0 Å². The molecule has 1 aromatic rings. The SMILES string of the molecule is CCC[C@@H]1CN(CC2CNNC2c2cccc(F)c2)C[C@H]1C(=O)O. The highest BCUT2D eigenvalue weighted by Crippen LogP contribution is 2.31. The van der Waals surface area contributed by atoms with Gasteiger partial charge in [-0.15, -0.1) is 0 Å². The molecule has 1 aromatic carbocycles. The Balaban J connectivity index is 1.66. The van der Waals surface area contributed by atoms with E-state index in [2.05, 4.69) is 22.7 Å². The largest absolute Gasteiger partial charge is 0.481 e. The summed E-state index contributed by atoms with van der Waals surface area (Å²) in [5.74, 6) is -0.640. The Kier molecular flexibility index (Phi) is 5.48. The minimum atomic E-state index is -0.680. The van der Waals surface area contributed by atoms with Crippen molar-refractivity contribution < 1.29 is 14.3 Å². The normalized spacial score (nSPS) is 30.8. The van der Waals surface area contributed by atoms with Crippen molar-refractivity contribution in [2.24, 2.45) is 17.8 Å². The van der Waals surface area contributed by atoms with E-state index >= 15 is 0 Å². The van der Waals surface area contributed by atoms with Gasteiger partial charge in [0.2, 0.25) is 0 Å². The lowest BCUT2D eigenvalue weighted by Crippen LogP contribution is -2.32. The third kappa shape index (κ3) is 3.77. The average molecular weight is 335 g/mol. The Labute approximate surface area is 142 Å². The molecule has 2 heterocycles. The predicted octanol–water partition coefficient (Wildman–Crippen LogP) is 2.02. The van der Waals surface area contributed by atoms with Gasteiger partial charge in [-0.25, -0.2) is 9.82 Å². The molecule has 5 nitrogen and oxygen atoms in total. The van der Waals surface area contributed by atoms with E-state index in [0.29, 0.717) is 12.5 Å². The van der Waals surface area contributed by atoms with Gasteiger partial charge in [0.15, 0.2) is 0 Å². The van der Waals surface area contributed by atoms with Crippen molar-refractivity contribution in [2.75, 3.05) is 26.2 Å². The van der Waals surface area contributed by atoms with Gasteiger partial charge in [0.1, 0.15) is 5.82 Å². The molecule has 0 spiro atoms. The molecule has 0 amide bonds. The number of hydrogen-bond donors (Lipinski definition) is 3. The molecular weight excluding hydrogens is 309 g/mol. The number of aliphatic carboxylic acids is 1. The number of likely N-dealkylation sites (tertiary alicyclic amines) is 1. The van der Waals surface area contributed by atoms with Crippen LogP contribution in [0.3, 0.4) is 0 Å². The second-order valence-electron chi connectivity index (χ2n) is 7.03. The summed E-state index contributed by atoms with van der Waals surface area (Å²) in [6, 6.07) is 6.74. The zero-order valence-electron chi connectivity index (χ0n) is 14.0. The lowest BCUT2D eigenvalue weighted by molar-refractivity contribution is -0.142. The van der Waals surface area contributed by atoms with Crippen molar-refractivity contribution in [3.05, 3.63) is 35.6 Å². The van der Waals surface area contributed by atoms with Crippen LogP contribution in [0.1, 0.15) is 31.4 Å². The highest BCUT2D eigenvalue weighted by Gasteiger charge is 2.39. The van der Waals surface area contributed by atoms with Crippen LogP contribution < -0.4 is 10.9 Å². The minimum Gasteiger partial charge on any atom is -0.481 e. The van der Waals surface area contributed by atoms with Crippen molar-refractivity contribution in [2.45, 2.75) is 25.8 Å². The molecule has 4 atom stereocenters. The molecule has 0 bridgehead atoms. The molecule has 3 N–H and O–H groups in total. The molecule has 2 aliphatic heterocycles. The van der Waals surface area contributed by atoms with Gasteiger partial charge in [0.25, 0.3) is 0 Å². The molecule has 2 saturated heterocycles. The van der Waals surface area contributed by atoms with Crippen molar-refractivity contribution in [3.63, 3.8) is 0 Å². The van der Waals surface area contributed by atoms with Crippen LogP contribution in [-0.2, 0) is 4.79 Å². The van der Waals surface area contributed by atoms with Crippen LogP contribution in [0.4, 0.5) is 4.39 Å². The van der Waals surface area contributed by atoms with Gasteiger partial charge >= 0.3 is 5.97 Å². The second kappa shape index (κ2) is 7.59. The zero-order chi connectivity index (χ0) is 17.1. The molecule has 2 fully saturated rings. The van der Waals surface area contributed by atoms with Gasteiger partial charge < -0.3 is 10.0 Å². The number of carboxylic acids is 1. The summed E-state index contributed by atoms with van der Waals surface area (Å²) in [6.45, 7) is 5.19. The first-order valence-corrected chi connectivity index (χ1v) is 8.77. The number of nitrogens with zero attached hydrogens (tertiary/aromatic N) is 1. The second-order valence-corrected chi connectivity index (χ2v) is 7.03. The highest BCUT2D eigenvalue weighted by molar-refractivity contribution is 5.71. The molecule has 24 heavy (non-hydrogen) atoms. The maximum absolute atomic E-state index is 13.5. The van der Waals surface area contributed by atoms with Crippen molar-refractivity contribution in [3.8, 4) is 0 Å². The fourth-order valence-electron chi connectivity index (χ4n) is 4.15. The van der Waals surface area contributed by atoms with Gasteiger partial charge in [0.05, 0.1) is 12.0 Å². The van der Waals surface area contributed by atoms with Crippen LogP contribution in [0.25, 0.3) is 0 Å². The number of hydrazine groups is 1. The van der Waals surface area contributed by atoms with Crippen LogP contribution in [0, 0.1) is 23.6 Å². The molecule has 6 heteroatoms. The molecule has 2 aliphatic rings. The quantitative estimate of drug-likeness (QED) is 0.742. The van der Waals surface area contributed by atoms with E-state index in [4.69, 9.17) is 0 Å². The van der Waals surface area contributed by atoms with E-state index in [0.717, 1.165) is 38.0 Å². The third-order valence-corrected chi connectivity index (χ3v) is 5.29. The summed E-state index contributed by atoms with van der Waals surface area (Å²) in [4.78, 5) is 13.8. The lowest BCUT2D eigenvalue weighted by atomic mass is 9.92. The first-order valence-electron chi connectivity index (χ1n) is 8.77. The average Bonchev–Trinajstić information content (AvgIpc) is 3.15. The topological polar surface area (TPSA) is 64.6 Å². The number of benzene rings is 1. The summed E-state index contributed by atoms with van der Waals surface area (Å²) in [6.07, 6.45) is 1.97. The number of carboxylic acid groups (broad SMARTS) is 1. The summed E-state index contributed by atoms with van der Waals surface area (Å²) in [5, 5.41) is 9.46. The standard InChI is InChI=1S/C18H26FN3O2/c1-2-4-13-9-22(11-16(13)18(23)24)10-14-8-20-21-17(14)12-5-3-6-15(19)7-12/h3,5-7,13-14,16-17,20-21H,2,4,8-11H2,1H3,(H,23,24)/t13-,14?,16-,17?/m1/s1. The van der Waals surface area contributed by atoms with Crippen LogP contribution in [0.5, 0.6) is 0 Å². The van der Waals surface area contributed by atoms with E-state index in [9.17, 15) is 14.3 Å². The Morgan fingerprint density at radius 3 is 2.92 bits per heavy atom. The lowest BCUT2D eigenvalue weighted by Gasteiger charge is -2.24. The smallest absolute Gasteiger partial charge is 0.308 e. The predicted molar refractivity (Wildman–Crippen MR) is 89.7 cm³/mol. The molecule has 2 unspecified atom stereocenters. The number of carbonyl (C=O) groups is 1. The van der Waals surface area contributed by atoms with Gasteiger partial charge in [-0.3, -0.25) is 10.2 Å². The fourth-order valence-corrected chi connectivity index (χ4v) is 4.15. The number of nitrogens with one attached hydrogen (secondary N) is 2. The fraction of sp³-hybridized carbons (Fsp3) is 0.611. The van der Waals surface area contributed by atoms with Crippen LogP contribution in [0.15, 0.2) is 24.3 Å². The van der Waals surface area contributed by atoms with Crippen molar-refractivity contribution in [1.82, 2.24) is 15.8 Å². The van der Waals surface area contributed by atoms with Gasteiger partial charge in [-0.1, -0.05) is 25.5 Å². The Morgan fingerprint density at radius 1 is 1.38 bits per heavy atom. The molecule has 0 radical (unpaired) electrons. The van der Waals surface area contributed by atoms with E-state index in [1.807, 2.05) is 6.07 Å². The van der Waals surface area contributed by atoms with Crippen molar-refractivity contribution in [1.29, 1.82) is 0 Å². The summed E-state index contributed by atoms with van der Waals surface area (Å²) in [5.41, 5.74) is 7.34. The Bertz CT molecular complexity index is 583. The number of halogens is 1. The Hall–Kier alpha value is -1.50. The van der Waals surface area contributed by atoms with E-state index in [-0.39, 0.29) is 23.7 Å². The van der Waals surface area contributed by atoms with Gasteiger partial charge in [-0.2, -0.15) is 0 Å².